The average molecular weight is 412 g/mol. The summed E-state index contributed by atoms with van der Waals surface area (Å²) in [6.45, 7) is 1.30. The van der Waals surface area contributed by atoms with Crippen molar-refractivity contribution in [2.75, 3.05) is 13.1 Å². The zero-order valence-electron chi connectivity index (χ0n) is 16.7. The van der Waals surface area contributed by atoms with E-state index in [1.807, 2.05) is 42.5 Å². The average Bonchev–Trinajstić information content (AvgIpc) is 3.57. The van der Waals surface area contributed by atoms with E-state index in [0.717, 1.165) is 5.56 Å². The summed E-state index contributed by atoms with van der Waals surface area (Å²) in [6.07, 6.45) is 0.641. The standard InChI is InChI=1S/C23H20N6O2/c24-12-17-6-8-20(26-17)22(30)28-11-10-19(15-28)29(14-16-4-2-1-3-5-16)23(31)21-9-7-18(13-25)27-21/h1-9,19,26-27H,10-11,14-15H2. The third kappa shape index (κ3) is 4.19. The van der Waals surface area contributed by atoms with Crippen LogP contribution in [0.4, 0.5) is 0 Å². The van der Waals surface area contributed by atoms with Gasteiger partial charge in [-0.2, -0.15) is 10.5 Å². The smallest absolute Gasteiger partial charge is 0.270 e. The molecule has 1 unspecified atom stereocenters. The van der Waals surface area contributed by atoms with Gasteiger partial charge in [0.2, 0.25) is 0 Å². The van der Waals surface area contributed by atoms with Crippen LogP contribution < -0.4 is 0 Å². The number of hydrogen-bond donors (Lipinski definition) is 2. The number of carbonyl (C=O) groups is 2. The molecule has 8 heteroatoms. The Hall–Kier alpha value is -4.30. The molecule has 31 heavy (non-hydrogen) atoms. The fourth-order valence-electron chi connectivity index (χ4n) is 3.82. The number of hydrogen-bond acceptors (Lipinski definition) is 4. The number of aromatic amines is 2. The van der Waals surface area contributed by atoms with Gasteiger partial charge in [0.25, 0.3) is 11.8 Å². The van der Waals surface area contributed by atoms with Gasteiger partial charge in [-0.15, -0.1) is 0 Å². The minimum Gasteiger partial charge on any atom is -0.342 e. The molecule has 0 saturated carbocycles. The molecule has 2 N–H and O–H groups in total. The second-order valence-corrected chi connectivity index (χ2v) is 7.41. The number of nitrogens with zero attached hydrogens (tertiary/aromatic N) is 4. The Labute approximate surface area is 179 Å². The van der Waals surface area contributed by atoms with Gasteiger partial charge in [0.1, 0.15) is 34.9 Å². The SMILES string of the molecule is N#Cc1ccc(C(=O)N2CCC(N(Cc3ccccc3)C(=O)c3ccc(C#N)[nH]3)C2)[nH]1. The van der Waals surface area contributed by atoms with Crippen LogP contribution in [0.15, 0.2) is 54.6 Å². The van der Waals surface area contributed by atoms with Gasteiger partial charge in [-0.05, 0) is 36.2 Å². The second kappa shape index (κ2) is 8.60. The van der Waals surface area contributed by atoms with Crippen LogP contribution in [-0.4, -0.2) is 50.7 Å². The summed E-state index contributed by atoms with van der Waals surface area (Å²) in [5, 5.41) is 18.0. The lowest BCUT2D eigenvalue weighted by atomic mass is 10.1. The van der Waals surface area contributed by atoms with E-state index < -0.39 is 0 Å². The highest BCUT2D eigenvalue weighted by Gasteiger charge is 2.34. The van der Waals surface area contributed by atoms with Crippen molar-refractivity contribution in [3.63, 3.8) is 0 Å². The Morgan fingerprint density at radius 3 is 2.26 bits per heavy atom. The van der Waals surface area contributed by atoms with Crippen molar-refractivity contribution >= 4 is 11.8 Å². The molecule has 1 aliphatic rings. The summed E-state index contributed by atoms with van der Waals surface area (Å²) in [4.78, 5) is 35.2. The van der Waals surface area contributed by atoms with Crippen LogP contribution in [-0.2, 0) is 6.54 Å². The van der Waals surface area contributed by atoms with Gasteiger partial charge >= 0.3 is 0 Å². The van der Waals surface area contributed by atoms with Crippen molar-refractivity contribution in [3.05, 3.63) is 82.9 Å². The van der Waals surface area contributed by atoms with E-state index in [9.17, 15) is 9.59 Å². The minimum atomic E-state index is -0.212. The summed E-state index contributed by atoms with van der Waals surface area (Å²) < 4.78 is 0. The highest BCUT2D eigenvalue weighted by Crippen LogP contribution is 2.22. The minimum absolute atomic E-state index is 0.170. The summed E-state index contributed by atoms with van der Waals surface area (Å²) in [5.41, 5.74) is 2.35. The van der Waals surface area contributed by atoms with E-state index in [1.165, 1.54) is 0 Å². The number of amides is 2. The molecule has 0 radical (unpaired) electrons. The monoisotopic (exact) mass is 412 g/mol. The van der Waals surface area contributed by atoms with E-state index in [-0.39, 0.29) is 17.9 Å². The lowest BCUT2D eigenvalue weighted by Crippen LogP contribution is -2.42. The normalized spacial score (nSPS) is 15.3. The topological polar surface area (TPSA) is 120 Å². The Morgan fingerprint density at radius 2 is 1.61 bits per heavy atom. The summed E-state index contributed by atoms with van der Waals surface area (Å²) >= 11 is 0. The summed E-state index contributed by atoms with van der Waals surface area (Å²) in [7, 11) is 0. The van der Waals surface area contributed by atoms with Crippen molar-refractivity contribution in [2.45, 2.75) is 19.0 Å². The summed E-state index contributed by atoms with van der Waals surface area (Å²) in [5.74, 6) is -0.404. The Morgan fingerprint density at radius 1 is 0.968 bits per heavy atom. The van der Waals surface area contributed by atoms with Crippen LogP contribution in [0.1, 0.15) is 44.3 Å². The van der Waals surface area contributed by atoms with Gasteiger partial charge in [-0.1, -0.05) is 30.3 Å². The zero-order chi connectivity index (χ0) is 21.8. The van der Waals surface area contributed by atoms with E-state index in [1.54, 1.807) is 34.1 Å². The molecule has 1 atom stereocenters. The molecule has 2 amide bonds. The van der Waals surface area contributed by atoms with Crippen LogP contribution in [0, 0.1) is 22.7 Å². The highest BCUT2D eigenvalue weighted by molar-refractivity contribution is 5.94. The van der Waals surface area contributed by atoms with Gasteiger partial charge in [0.15, 0.2) is 0 Å². The highest BCUT2D eigenvalue weighted by atomic mass is 16.2. The molecule has 1 aromatic carbocycles. The van der Waals surface area contributed by atoms with Gasteiger partial charge < -0.3 is 19.8 Å². The van der Waals surface area contributed by atoms with Crippen molar-refractivity contribution in [3.8, 4) is 12.1 Å². The Balaban J connectivity index is 1.55. The van der Waals surface area contributed by atoms with Crippen LogP contribution >= 0.6 is 0 Å². The number of H-pyrrole nitrogens is 2. The molecule has 0 bridgehead atoms. The molecular formula is C23H20N6O2. The van der Waals surface area contributed by atoms with Crippen molar-refractivity contribution < 1.29 is 9.59 Å². The maximum Gasteiger partial charge on any atom is 0.270 e. The Bertz CT molecular complexity index is 1180. The van der Waals surface area contributed by atoms with E-state index in [4.69, 9.17) is 10.5 Å². The first kappa shape index (κ1) is 20.0. The molecule has 3 heterocycles. The maximum absolute atomic E-state index is 13.3. The second-order valence-electron chi connectivity index (χ2n) is 7.41. The lowest BCUT2D eigenvalue weighted by molar-refractivity contribution is 0.0636. The number of nitrogens with one attached hydrogen (secondary N) is 2. The molecule has 1 aliphatic heterocycles. The van der Waals surface area contributed by atoms with Crippen molar-refractivity contribution in [1.29, 1.82) is 10.5 Å². The molecular weight excluding hydrogens is 392 g/mol. The van der Waals surface area contributed by atoms with E-state index in [0.29, 0.717) is 48.8 Å². The first-order valence-corrected chi connectivity index (χ1v) is 9.91. The molecule has 2 aromatic heterocycles. The van der Waals surface area contributed by atoms with Gasteiger partial charge in [-0.25, -0.2) is 0 Å². The Kier molecular flexibility index (Phi) is 5.55. The summed E-state index contributed by atoms with van der Waals surface area (Å²) in [6, 6.07) is 19.8. The number of carbonyl (C=O) groups excluding carboxylic acids is 2. The molecule has 1 saturated heterocycles. The van der Waals surface area contributed by atoms with E-state index in [2.05, 4.69) is 9.97 Å². The first-order valence-electron chi connectivity index (χ1n) is 9.91. The van der Waals surface area contributed by atoms with Crippen LogP contribution in [0.25, 0.3) is 0 Å². The number of rotatable bonds is 5. The van der Waals surface area contributed by atoms with Crippen LogP contribution in [0.3, 0.4) is 0 Å². The molecule has 1 fully saturated rings. The molecule has 4 rings (SSSR count). The fraction of sp³-hybridized carbons (Fsp3) is 0.217. The molecule has 3 aromatic rings. The van der Waals surface area contributed by atoms with Gasteiger partial charge in [0.05, 0.1) is 6.04 Å². The third-order valence-electron chi connectivity index (χ3n) is 5.42. The molecule has 0 spiro atoms. The number of likely N-dealkylation sites (tertiary alicyclic amines) is 1. The quantitative estimate of drug-likeness (QED) is 0.669. The van der Waals surface area contributed by atoms with E-state index >= 15 is 0 Å². The first-order chi connectivity index (χ1) is 15.1. The predicted octanol–water partition coefficient (Wildman–Crippen LogP) is 2.64. The van der Waals surface area contributed by atoms with Crippen molar-refractivity contribution in [1.82, 2.24) is 19.8 Å². The third-order valence-corrected chi connectivity index (χ3v) is 5.42. The van der Waals surface area contributed by atoms with Crippen LogP contribution in [0.5, 0.6) is 0 Å². The zero-order valence-corrected chi connectivity index (χ0v) is 16.7. The predicted molar refractivity (Wildman–Crippen MR) is 112 cm³/mol. The van der Waals surface area contributed by atoms with Gasteiger partial charge in [0, 0.05) is 19.6 Å². The number of aromatic nitrogens is 2. The molecule has 0 aliphatic carbocycles. The van der Waals surface area contributed by atoms with Crippen molar-refractivity contribution in [2.24, 2.45) is 0 Å². The largest absolute Gasteiger partial charge is 0.342 e. The number of benzene rings is 1. The molecule has 154 valence electrons. The maximum atomic E-state index is 13.3. The fourth-order valence-corrected chi connectivity index (χ4v) is 3.82. The number of nitriles is 2. The van der Waals surface area contributed by atoms with Gasteiger partial charge in [-0.3, -0.25) is 9.59 Å². The molecule has 8 nitrogen and oxygen atoms in total. The van der Waals surface area contributed by atoms with Crippen LogP contribution in [0.2, 0.25) is 0 Å². The lowest BCUT2D eigenvalue weighted by Gasteiger charge is -2.29.